The van der Waals surface area contributed by atoms with Crippen LogP contribution in [0.1, 0.15) is 36.8 Å². The second-order valence-electron chi connectivity index (χ2n) is 4.75. The third-order valence-corrected chi connectivity index (χ3v) is 3.74. The van der Waals surface area contributed by atoms with Crippen molar-refractivity contribution >= 4 is 0 Å². The summed E-state index contributed by atoms with van der Waals surface area (Å²) in [6.45, 7) is 0.524. The van der Waals surface area contributed by atoms with Gasteiger partial charge in [-0.1, -0.05) is 24.6 Å². The van der Waals surface area contributed by atoms with E-state index in [2.05, 4.69) is 0 Å². The van der Waals surface area contributed by atoms with E-state index in [1.54, 1.807) is 6.07 Å². The summed E-state index contributed by atoms with van der Waals surface area (Å²) in [5.74, 6) is 0. The zero-order valence-electron chi connectivity index (χ0n) is 9.56. The van der Waals surface area contributed by atoms with E-state index >= 15 is 0 Å². The van der Waals surface area contributed by atoms with Crippen LogP contribution in [0.15, 0.2) is 24.3 Å². The molecule has 0 radical (unpaired) electrons. The minimum atomic E-state index is -4.26. The van der Waals surface area contributed by atoms with Gasteiger partial charge in [0, 0.05) is 0 Å². The van der Waals surface area contributed by atoms with Gasteiger partial charge in [0.05, 0.1) is 5.56 Å². The third kappa shape index (κ3) is 2.32. The molecule has 1 nitrogen and oxygen atoms in total. The molecule has 2 rings (SSSR count). The van der Waals surface area contributed by atoms with Gasteiger partial charge in [0.2, 0.25) is 0 Å². The van der Waals surface area contributed by atoms with Gasteiger partial charge in [0.15, 0.2) is 0 Å². The molecule has 4 heteroatoms. The van der Waals surface area contributed by atoms with E-state index in [1.807, 2.05) is 0 Å². The lowest BCUT2D eigenvalue weighted by atomic mass is 9.62. The van der Waals surface area contributed by atoms with Gasteiger partial charge in [-0.3, -0.25) is 0 Å². The van der Waals surface area contributed by atoms with E-state index < -0.39 is 11.7 Å². The highest BCUT2D eigenvalue weighted by Crippen LogP contribution is 2.47. The Bertz CT molecular complexity index is 394. The molecule has 0 atom stereocenters. The Morgan fingerprint density at radius 2 is 1.94 bits per heavy atom. The lowest BCUT2D eigenvalue weighted by Gasteiger charge is -2.42. The highest BCUT2D eigenvalue weighted by atomic mass is 19.4. The summed E-state index contributed by atoms with van der Waals surface area (Å²) in [4.78, 5) is 0. The maximum absolute atomic E-state index is 12.6. The van der Waals surface area contributed by atoms with E-state index in [-0.39, 0.29) is 5.41 Å². The fourth-order valence-corrected chi connectivity index (χ4v) is 2.59. The molecule has 0 amide bonds. The van der Waals surface area contributed by atoms with Crippen LogP contribution in [-0.2, 0) is 11.6 Å². The first-order valence-electron chi connectivity index (χ1n) is 5.86. The van der Waals surface area contributed by atoms with Crippen molar-refractivity contribution in [1.29, 1.82) is 0 Å². The quantitative estimate of drug-likeness (QED) is 0.864. The molecule has 0 saturated heterocycles. The lowest BCUT2D eigenvalue weighted by Crippen LogP contribution is -2.36. The van der Waals surface area contributed by atoms with Crippen LogP contribution in [0.3, 0.4) is 0 Å². The number of halogens is 3. The minimum Gasteiger partial charge on any atom is -0.330 e. The van der Waals surface area contributed by atoms with Gasteiger partial charge in [0.25, 0.3) is 0 Å². The highest BCUT2D eigenvalue weighted by Gasteiger charge is 2.39. The lowest BCUT2D eigenvalue weighted by molar-refractivity contribution is -0.137. The molecule has 17 heavy (non-hydrogen) atoms. The van der Waals surface area contributed by atoms with Crippen molar-refractivity contribution in [3.63, 3.8) is 0 Å². The standard InChI is InChI=1S/C13H16F3N/c14-13(15,16)11-4-1-3-10(9-11)12(7-8-17)5-2-6-12/h1,3-4,9H,2,5-8,17H2. The summed E-state index contributed by atoms with van der Waals surface area (Å²) in [5, 5.41) is 0. The largest absolute Gasteiger partial charge is 0.416 e. The minimum absolute atomic E-state index is 0.101. The number of alkyl halides is 3. The molecule has 0 bridgehead atoms. The third-order valence-electron chi connectivity index (χ3n) is 3.74. The predicted octanol–water partition coefficient (Wildman–Crippen LogP) is 3.48. The van der Waals surface area contributed by atoms with Crippen molar-refractivity contribution in [2.75, 3.05) is 6.54 Å². The van der Waals surface area contributed by atoms with Crippen LogP contribution in [0.25, 0.3) is 0 Å². The van der Waals surface area contributed by atoms with Crippen LogP contribution >= 0.6 is 0 Å². The van der Waals surface area contributed by atoms with Crippen LogP contribution in [0.2, 0.25) is 0 Å². The van der Waals surface area contributed by atoms with Crippen molar-refractivity contribution in [1.82, 2.24) is 0 Å². The first kappa shape index (κ1) is 12.4. The summed E-state index contributed by atoms with van der Waals surface area (Å²) >= 11 is 0. The summed E-state index contributed by atoms with van der Waals surface area (Å²) in [6.07, 6.45) is -0.509. The topological polar surface area (TPSA) is 26.0 Å². The zero-order chi connectivity index (χ0) is 12.5. The molecule has 1 fully saturated rings. The van der Waals surface area contributed by atoms with Gasteiger partial charge < -0.3 is 5.73 Å². The van der Waals surface area contributed by atoms with Crippen LogP contribution < -0.4 is 5.73 Å². The maximum atomic E-state index is 12.6. The molecule has 1 aliphatic rings. The van der Waals surface area contributed by atoms with Crippen molar-refractivity contribution in [2.45, 2.75) is 37.3 Å². The second kappa shape index (κ2) is 4.33. The average Bonchev–Trinajstić information content (AvgIpc) is 2.22. The van der Waals surface area contributed by atoms with E-state index in [0.29, 0.717) is 6.54 Å². The van der Waals surface area contributed by atoms with Crippen molar-refractivity contribution in [2.24, 2.45) is 5.73 Å². The summed E-state index contributed by atoms with van der Waals surface area (Å²) in [6, 6.07) is 5.70. The van der Waals surface area contributed by atoms with E-state index in [4.69, 9.17) is 5.73 Å². The van der Waals surface area contributed by atoms with Gasteiger partial charge >= 0.3 is 6.18 Å². The molecule has 94 valence electrons. The molecule has 0 aliphatic heterocycles. The van der Waals surface area contributed by atoms with Crippen molar-refractivity contribution < 1.29 is 13.2 Å². The smallest absolute Gasteiger partial charge is 0.330 e. The Morgan fingerprint density at radius 1 is 1.24 bits per heavy atom. The molecule has 0 unspecified atom stereocenters. The molecule has 1 aromatic carbocycles. The first-order chi connectivity index (χ1) is 7.98. The fourth-order valence-electron chi connectivity index (χ4n) is 2.59. The molecule has 1 aromatic rings. The highest BCUT2D eigenvalue weighted by molar-refractivity contribution is 5.33. The Labute approximate surface area is 98.8 Å². The molecule has 0 aromatic heterocycles. The summed E-state index contributed by atoms with van der Waals surface area (Å²) in [7, 11) is 0. The fraction of sp³-hybridized carbons (Fsp3) is 0.538. The first-order valence-corrected chi connectivity index (χ1v) is 5.86. The van der Waals surface area contributed by atoms with E-state index in [1.165, 1.54) is 12.1 Å². The van der Waals surface area contributed by atoms with Crippen molar-refractivity contribution in [3.8, 4) is 0 Å². The molecule has 2 N–H and O–H groups in total. The molecular weight excluding hydrogens is 227 g/mol. The Balaban J connectivity index is 2.32. The average molecular weight is 243 g/mol. The maximum Gasteiger partial charge on any atom is 0.416 e. The molecule has 1 saturated carbocycles. The van der Waals surface area contributed by atoms with Crippen molar-refractivity contribution in [3.05, 3.63) is 35.4 Å². The number of rotatable bonds is 3. The van der Waals surface area contributed by atoms with Crippen LogP contribution in [0.5, 0.6) is 0 Å². The number of hydrogen-bond acceptors (Lipinski definition) is 1. The summed E-state index contributed by atoms with van der Waals surface area (Å²) < 4.78 is 37.9. The number of benzene rings is 1. The van der Waals surface area contributed by atoms with Gasteiger partial charge in [-0.05, 0) is 42.9 Å². The second-order valence-corrected chi connectivity index (χ2v) is 4.75. The van der Waals surface area contributed by atoms with Gasteiger partial charge in [0.1, 0.15) is 0 Å². The SMILES string of the molecule is NCCC1(c2cccc(C(F)(F)F)c2)CCC1. The molecule has 0 heterocycles. The van der Waals surface area contributed by atoms with E-state index in [9.17, 15) is 13.2 Å². The normalized spacial score (nSPS) is 18.8. The zero-order valence-corrected chi connectivity index (χ0v) is 9.56. The Kier molecular flexibility index (Phi) is 3.17. The Hall–Kier alpha value is -1.03. The van der Waals surface area contributed by atoms with E-state index in [0.717, 1.165) is 37.3 Å². The molecule has 0 spiro atoms. The van der Waals surface area contributed by atoms with Gasteiger partial charge in [-0.2, -0.15) is 13.2 Å². The monoisotopic (exact) mass is 243 g/mol. The number of nitrogens with two attached hydrogens (primary N) is 1. The Morgan fingerprint density at radius 3 is 2.41 bits per heavy atom. The summed E-state index contributed by atoms with van der Waals surface area (Å²) in [5.41, 5.74) is 5.70. The predicted molar refractivity (Wildman–Crippen MR) is 60.6 cm³/mol. The molecule has 1 aliphatic carbocycles. The van der Waals surface area contributed by atoms with Crippen LogP contribution in [-0.4, -0.2) is 6.54 Å². The number of hydrogen-bond donors (Lipinski definition) is 1. The van der Waals surface area contributed by atoms with Gasteiger partial charge in [-0.25, -0.2) is 0 Å². The van der Waals surface area contributed by atoms with Crippen LogP contribution in [0, 0.1) is 0 Å². The van der Waals surface area contributed by atoms with Crippen LogP contribution in [0.4, 0.5) is 13.2 Å². The molecular formula is C13H16F3N. The van der Waals surface area contributed by atoms with Gasteiger partial charge in [-0.15, -0.1) is 0 Å².